The third-order valence-corrected chi connectivity index (χ3v) is 7.67. The number of amides is 4. The van der Waals surface area contributed by atoms with E-state index in [-0.39, 0.29) is 24.4 Å². The van der Waals surface area contributed by atoms with Gasteiger partial charge in [0.15, 0.2) is 11.5 Å². The summed E-state index contributed by atoms with van der Waals surface area (Å²) in [5.74, 6) is 0.879. The van der Waals surface area contributed by atoms with Crippen LogP contribution in [0.4, 0.5) is 4.79 Å². The highest BCUT2D eigenvalue weighted by atomic mass is 16.5. The molecule has 2 aromatic carbocycles. The Morgan fingerprint density at radius 3 is 2.74 bits per heavy atom. The molecule has 4 aliphatic rings. The van der Waals surface area contributed by atoms with Crippen LogP contribution in [0.15, 0.2) is 42.5 Å². The van der Waals surface area contributed by atoms with Crippen molar-refractivity contribution in [2.75, 3.05) is 26.3 Å². The Hall–Kier alpha value is -3.55. The van der Waals surface area contributed by atoms with Crippen LogP contribution < -0.4 is 14.8 Å². The van der Waals surface area contributed by atoms with E-state index in [0.29, 0.717) is 31.9 Å². The van der Waals surface area contributed by atoms with Crippen molar-refractivity contribution in [2.45, 2.75) is 50.1 Å². The first-order valence-electron chi connectivity index (χ1n) is 12.5. The van der Waals surface area contributed by atoms with Crippen LogP contribution in [0.5, 0.6) is 11.5 Å². The topological polar surface area (TPSA) is 88.2 Å². The molecular weight excluding hydrogens is 446 g/mol. The maximum atomic E-state index is 13.6. The standard InChI is InChI=1S/C27H29N3O5/c31-24(29-13-4-9-21(29)19-10-11-22-23(16-19)35-15-5-14-34-22)17-30-25(32)27(28-26(30)33)12-3-7-18-6-1-2-8-20(18)27/h1-2,6,8,10-11,16,21H,3-5,7,9,12-15,17H2,(H,28,33)/t21-,27-/m1/s1. The Labute approximate surface area is 204 Å². The minimum Gasteiger partial charge on any atom is -0.490 e. The second kappa shape index (κ2) is 8.59. The van der Waals surface area contributed by atoms with Gasteiger partial charge in [-0.1, -0.05) is 30.3 Å². The van der Waals surface area contributed by atoms with Gasteiger partial charge in [0.1, 0.15) is 12.1 Å². The van der Waals surface area contributed by atoms with E-state index >= 15 is 0 Å². The van der Waals surface area contributed by atoms with Gasteiger partial charge in [0.25, 0.3) is 5.91 Å². The van der Waals surface area contributed by atoms with E-state index in [9.17, 15) is 14.4 Å². The molecule has 0 unspecified atom stereocenters. The number of imide groups is 1. The molecule has 0 bridgehead atoms. The van der Waals surface area contributed by atoms with Crippen molar-refractivity contribution in [3.05, 3.63) is 59.2 Å². The summed E-state index contributed by atoms with van der Waals surface area (Å²) in [7, 11) is 0. The quantitative estimate of drug-likeness (QED) is 0.689. The molecule has 3 heterocycles. The second-order valence-electron chi connectivity index (χ2n) is 9.74. The summed E-state index contributed by atoms with van der Waals surface area (Å²) in [6.07, 6.45) is 4.75. The molecule has 6 rings (SSSR count). The lowest BCUT2D eigenvalue weighted by molar-refractivity contribution is -0.140. The Balaban J connectivity index is 1.22. The van der Waals surface area contributed by atoms with Crippen molar-refractivity contribution in [1.82, 2.24) is 15.1 Å². The predicted molar refractivity (Wildman–Crippen MR) is 127 cm³/mol. The average Bonchev–Trinajstić information content (AvgIpc) is 3.35. The number of carbonyl (C=O) groups excluding carboxylic acids is 3. The Bertz CT molecular complexity index is 1200. The molecule has 1 aliphatic carbocycles. The highest BCUT2D eigenvalue weighted by molar-refractivity contribution is 6.09. The number of fused-ring (bicyclic) bond motifs is 3. The van der Waals surface area contributed by atoms with Gasteiger partial charge in [0, 0.05) is 13.0 Å². The van der Waals surface area contributed by atoms with Gasteiger partial charge in [-0.25, -0.2) is 4.79 Å². The highest BCUT2D eigenvalue weighted by Crippen LogP contribution is 2.41. The smallest absolute Gasteiger partial charge is 0.325 e. The number of benzene rings is 2. The number of aryl methyl sites for hydroxylation is 1. The molecule has 0 radical (unpaired) electrons. The number of hydrogen-bond acceptors (Lipinski definition) is 5. The van der Waals surface area contributed by atoms with Crippen molar-refractivity contribution < 1.29 is 23.9 Å². The van der Waals surface area contributed by atoms with E-state index in [4.69, 9.17) is 9.47 Å². The van der Waals surface area contributed by atoms with Gasteiger partial charge in [-0.2, -0.15) is 0 Å². The number of carbonyl (C=O) groups is 3. The summed E-state index contributed by atoms with van der Waals surface area (Å²) in [5.41, 5.74) is 1.85. The lowest BCUT2D eigenvalue weighted by Gasteiger charge is -2.33. The number of ether oxygens (including phenoxy) is 2. The zero-order valence-corrected chi connectivity index (χ0v) is 19.6. The first-order chi connectivity index (χ1) is 17.1. The summed E-state index contributed by atoms with van der Waals surface area (Å²) in [6, 6.07) is 13.0. The average molecular weight is 476 g/mol. The Morgan fingerprint density at radius 2 is 1.86 bits per heavy atom. The Kier molecular flexibility index (Phi) is 5.39. The number of hydrogen-bond donors (Lipinski definition) is 1. The lowest BCUT2D eigenvalue weighted by Crippen LogP contribution is -2.47. The van der Waals surface area contributed by atoms with Gasteiger partial charge in [-0.05, 0) is 60.9 Å². The van der Waals surface area contributed by atoms with E-state index in [0.717, 1.165) is 59.4 Å². The van der Waals surface area contributed by atoms with Crippen LogP contribution in [-0.4, -0.2) is 53.9 Å². The van der Waals surface area contributed by atoms with Crippen LogP contribution in [0.1, 0.15) is 54.8 Å². The number of urea groups is 1. The molecule has 1 spiro atoms. The molecular formula is C27H29N3O5. The fraction of sp³-hybridized carbons (Fsp3) is 0.444. The summed E-state index contributed by atoms with van der Waals surface area (Å²) in [4.78, 5) is 42.9. The number of rotatable bonds is 3. The molecule has 2 aromatic rings. The molecule has 4 amide bonds. The molecule has 2 saturated heterocycles. The van der Waals surface area contributed by atoms with Crippen LogP contribution in [0, 0.1) is 0 Å². The van der Waals surface area contributed by atoms with Crippen LogP contribution in [0.2, 0.25) is 0 Å². The van der Waals surface area contributed by atoms with E-state index in [1.54, 1.807) is 4.90 Å². The van der Waals surface area contributed by atoms with Gasteiger partial charge in [-0.3, -0.25) is 14.5 Å². The van der Waals surface area contributed by atoms with Crippen LogP contribution in [-0.2, 0) is 21.5 Å². The molecule has 2 atom stereocenters. The first-order valence-corrected chi connectivity index (χ1v) is 12.5. The van der Waals surface area contributed by atoms with Crippen molar-refractivity contribution in [1.29, 1.82) is 0 Å². The molecule has 3 aliphatic heterocycles. The summed E-state index contributed by atoms with van der Waals surface area (Å²) in [6.45, 7) is 1.56. The van der Waals surface area contributed by atoms with E-state index in [2.05, 4.69) is 5.32 Å². The maximum Gasteiger partial charge on any atom is 0.325 e. The normalized spacial score (nSPS) is 25.4. The minimum absolute atomic E-state index is 0.121. The zero-order chi connectivity index (χ0) is 24.0. The molecule has 0 aromatic heterocycles. The number of nitrogens with zero attached hydrogens (tertiary/aromatic N) is 2. The molecule has 2 fully saturated rings. The maximum absolute atomic E-state index is 13.6. The Morgan fingerprint density at radius 1 is 1.03 bits per heavy atom. The molecule has 182 valence electrons. The highest BCUT2D eigenvalue weighted by Gasteiger charge is 2.54. The van der Waals surface area contributed by atoms with E-state index in [1.807, 2.05) is 42.5 Å². The van der Waals surface area contributed by atoms with Crippen molar-refractivity contribution in [2.24, 2.45) is 0 Å². The number of nitrogens with one attached hydrogen (secondary N) is 1. The van der Waals surface area contributed by atoms with E-state index in [1.165, 1.54) is 0 Å². The molecule has 1 N–H and O–H groups in total. The monoisotopic (exact) mass is 475 g/mol. The van der Waals surface area contributed by atoms with Crippen LogP contribution >= 0.6 is 0 Å². The van der Waals surface area contributed by atoms with Gasteiger partial charge < -0.3 is 19.7 Å². The molecule has 35 heavy (non-hydrogen) atoms. The summed E-state index contributed by atoms with van der Waals surface area (Å²) >= 11 is 0. The van der Waals surface area contributed by atoms with Crippen LogP contribution in [0.25, 0.3) is 0 Å². The molecule has 0 saturated carbocycles. The summed E-state index contributed by atoms with van der Waals surface area (Å²) in [5, 5.41) is 2.94. The van der Waals surface area contributed by atoms with Crippen molar-refractivity contribution in [3.8, 4) is 11.5 Å². The fourth-order valence-electron chi connectivity index (χ4n) is 5.98. The zero-order valence-electron chi connectivity index (χ0n) is 19.6. The van der Waals surface area contributed by atoms with Crippen molar-refractivity contribution >= 4 is 17.8 Å². The second-order valence-corrected chi connectivity index (χ2v) is 9.74. The predicted octanol–water partition coefficient (Wildman–Crippen LogP) is 3.30. The van der Waals surface area contributed by atoms with Gasteiger partial charge in [0.05, 0.1) is 19.3 Å². The fourth-order valence-corrected chi connectivity index (χ4v) is 5.98. The van der Waals surface area contributed by atoms with Gasteiger partial charge in [0.2, 0.25) is 5.91 Å². The number of likely N-dealkylation sites (tertiary alicyclic amines) is 1. The minimum atomic E-state index is -1.06. The third-order valence-electron chi connectivity index (χ3n) is 7.67. The third kappa shape index (κ3) is 3.63. The largest absolute Gasteiger partial charge is 0.490 e. The molecule has 8 heteroatoms. The van der Waals surface area contributed by atoms with Crippen molar-refractivity contribution in [3.63, 3.8) is 0 Å². The molecule has 8 nitrogen and oxygen atoms in total. The SMILES string of the molecule is O=C1N[C@@]2(CCCc3ccccc32)C(=O)N1CC(=O)N1CCC[C@@H]1c1ccc2c(c1)OCCCO2. The van der Waals surface area contributed by atoms with E-state index < -0.39 is 11.6 Å². The lowest BCUT2D eigenvalue weighted by atomic mass is 9.76. The first kappa shape index (κ1) is 21.9. The summed E-state index contributed by atoms with van der Waals surface area (Å²) < 4.78 is 11.6. The van der Waals surface area contributed by atoms with Gasteiger partial charge >= 0.3 is 6.03 Å². The van der Waals surface area contributed by atoms with Crippen LogP contribution in [0.3, 0.4) is 0 Å². The van der Waals surface area contributed by atoms with Gasteiger partial charge in [-0.15, -0.1) is 0 Å².